The quantitative estimate of drug-likeness (QED) is 0.161. The van der Waals surface area contributed by atoms with Gasteiger partial charge in [0.2, 0.25) is 5.71 Å². The molecule has 0 amide bonds. The van der Waals surface area contributed by atoms with E-state index in [0.29, 0.717) is 44.9 Å². The van der Waals surface area contributed by atoms with E-state index in [2.05, 4.69) is 38.1 Å². The molecule has 0 aliphatic heterocycles. The van der Waals surface area contributed by atoms with Crippen molar-refractivity contribution in [2.24, 2.45) is 10.8 Å². The minimum atomic E-state index is -2.26. The van der Waals surface area contributed by atoms with Gasteiger partial charge >= 0.3 is 20.1 Å². The molecule has 0 bridgehead atoms. The minimum Gasteiger partial charge on any atom is -0.486 e. The molecule has 5 heterocycles. The van der Waals surface area contributed by atoms with Crippen LogP contribution in [0.15, 0.2) is 126 Å². The largest absolute Gasteiger partial charge is 3.00 e. The molecule has 5 aromatic heterocycles. The van der Waals surface area contributed by atoms with Crippen LogP contribution in [0.25, 0.3) is 55.8 Å². The fourth-order valence-corrected chi connectivity index (χ4v) is 5.61. The third kappa shape index (κ3) is 14.5. The van der Waals surface area contributed by atoms with Gasteiger partial charge in [0.1, 0.15) is 0 Å². The van der Waals surface area contributed by atoms with Gasteiger partial charge in [0.15, 0.2) is 0 Å². The van der Waals surface area contributed by atoms with Crippen LogP contribution in [0, 0.1) is 64.4 Å². The van der Waals surface area contributed by atoms with Crippen LogP contribution in [0.3, 0.4) is 0 Å². The topological polar surface area (TPSA) is 64.7 Å². The molecule has 1 radical (unpaired) electrons. The standard InChI is InChI=1S/C17H11N2O.2C17H20N.2CH3.2Ir/c1-11-8-9-13-12-5-4-6-14(15-7-2-3-10-18-15)16(12)20-17(13)19-11;2*1-13-5-8-15(9-6-13)16-10-7-14(12-18-16)11-17(2,3)4;;;;/h2-5,7-10H,1H3;2*5-8,10,12H,11H2,1-4H3;2*1H3;;/q5*-1;;+3/i1D3;2*1D3,11D2;;;;. The Morgan fingerprint density at radius 3 is 1.63 bits per heavy atom. The Balaban J connectivity index is 0.000000365. The molecule has 8 aromatic rings. The Bertz CT molecular complexity index is 2880. The average molecular weight is 1160 g/mol. The van der Waals surface area contributed by atoms with E-state index in [9.17, 15) is 0 Å². The fourth-order valence-electron chi connectivity index (χ4n) is 5.61. The Labute approximate surface area is 404 Å². The first-order valence-electron chi connectivity index (χ1n) is 24.5. The van der Waals surface area contributed by atoms with E-state index in [1.165, 1.54) is 30.6 Å². The van der Waals surface area contributed by atoms with E-state index in [1.807, 2.05) is 65.8 Å². The first kappa shape index (κ1) is 34.0. The number of furan rings is 1. The van der Waals surface area contributed by atoms with Gasteiger partial charge in [-0.15, -0.1) is 89.0 Å². The van der Waals surface area contributed by atoms with Crippen LogP contribution in [0.1, 0.15) is 87.3 Å². The van der Waals surface area contributed by atoms with E-state index >= 15 is 0 Å². The molecular formula is C53H57Ir2N4O-2. The van der Waals surface area contributed by atoms with Gasteiger partial charge in [-0.1, -0.05) is 103 Å². The zero-order valence-corrected chi connectivity index (χ0v) is 39.7. The van der Waals surface area contributed by atoms with Crippen molar-refractivity contribution < 1.29 is 62.4 Å². The van der Waals surface area contributed by atoms with Gasteiger partial charge in [0.05, 0.1) is 5.58 Å². The molecule has 0 saturated heterocycles. The molecular weight excluding hydrogens is 1090 g/mol. The molecule has 0 aliphatic carbocycles. The molecule has 0 N–H and O–H groups in total. The predicted octanol–water partition coefficient (Wildman–Crippen LogP) is 13.9. The maximum atomic E-state index is 8.25. The van der Waals surface area contributed by atoms with Crippen molar-refractivity contribution in [2.45, 2.75) is 74.8 Å². The summed E-state index contributed by atoms with van der Waals surface area (Å²) in [5.74, 6) is 0. The molecule has 0 fully saturated rings. The summed E-state index contributed by atoms with van der Waals surface area (Å²) in [5.41, 5.74) is 5.49. The molecule has 315 valence electrons. The molecule has 0 saturated carbocycles. The molecule has 0 spiro atoms. The second kappa shape index (κ2) is 22.8. The summed E-state index contributed by atoms with van der Waals surface area (Å²) in [6, 6.07) is 37.8. The number of benzene rings is 3. The van der Waals surface area contributed by atoms with E-state index in [-0.39, 0.29) is 71.9 Å². The van der Waals surface area contributed by atoms with Crippen LogP contribution < -0.4 is 0 Å². The van der Waals surface area contributed by atoms with Gasteiger partial charge in [0, 0.05) is 67.6 Å². The van der Waals surface area contributed by atoms with Crippen LogP contribution in [-0.4, -0.2) is 19.9 Å². The van der Waals surface area contributed by atoms with Crippen LogP contribution in [0.2, 0.25) is 0 Å². The summed E-state index contributed by atoms with van der Waals surface area (Å²) in [4.78, 5) is 17.1. The van der Waals surface area contributed by atoms with Gasteiger partial charge in [-0.3, -0.25) is 0 Å². The monoisotopic (exact) mass is 1160 g/mol. The number of hydrogen-bond acceptors (Lipinski definition) is 5. The summed E-state index contributed by atoms with van der Waals surface area (Å²) in [7, 11) is 0. The van der Waals surface area contributed by atoms with Crippen molar-refractivity contribution in [1.82, 2.24) is 19.9 Å². The first-order chi connectivity index (χ1) is 31.9. The number of aryl methyl sites for hydroxylation is 3. The van der Waals surface area contributed by atoms with Crippen LogP contribution in [-0.2, 0) is 53.0 Å². The van der Waals surface area contributed by atoms with E-state index in [1.54, 1.807) is 66.9 Å². The normalized spacial score (nSPS) is 15.0. The van der Waals surface area contributed by atoms with Crippen molar-refractivity contribution in [3.63, 3.8) is 0 Å². The molecule has 8 rings (SSSR count). The van der Waals surface area contributed by atoms with Gasteiger partial charge < -0.3 is 34.2 Å². The molecule has 3 aromatic carbocycles. The molecule has 0 unspecified atom stereocenters. The Hall–Kier alpha value is -4.64. The third-order valence-corrected chi connectivity index (χ3v) is 7.96. The third-order valence-electron chi connectivity index (χ3n) is 7.96. The van der Waals surface area contributed by atoms with Gasteiger partial charge in [-0.2, -0.15) is 0 Å². The number of hydrogen-bond donors (Lipinski definition) is 0. The number of nitrogens with zero attached hydrogens (tertiary/aromatic N) is 4. The Morgan fingerprint density at radius 2 is 1.20 bits per heavy atom. The second-order valence-corrected chi connectivity index (χ2v) is 15.1. The summed E-state index contributed by atoms with van der Waals surface area (Å²) < 4.78 is 105. The first-order valence-corrected chi connectivity index (χ1v) is 18.0. The van der Waals surface area contributed by atoms with E-state index in [0.717, 1.165) is 22.0 Å². The minimum absolute atomic E-state index is 0. The van der Waals surface area contributed by atoms with Crippen LogP contribution in [0.5, 0.6) is 0 Å². The maximum Gasteiger partial charge on any atom is 3.00 e. The number of fused-ring (bicyclic) bond motifs is 3. The molecule has 7 heteroatoms. The van der Waals surface area contributed by atoms with E-state index < -0.39 is 44.1 Å². The van der Waals surface area contributed by atoms with Crippen molar-refractivity contribution in [1.29, 1.82) is 0 Å². The van der Waals surface area contributed by atoms with Crippen molar-refractivity contribution in [3.05, 3.63) is 183 Å². The van der Waals surface area contributed by atoms with Crippen molar-refractivity contribution in [3.8, 4) is 33.8 Å². The van der Waals surface area contributed by atoms with Crippen molar-refractivity contribution >= 4 is 22.1 Å². The maximum absolute atomic E-state index is 8.25. The SMILES string of the molecule is [2H]C([2H])([2H])c1c[c-]c(-c2ccc(C([2H])([2H])C(C)(C)C)cn2)cc1.[2H]C([2H])([2H])c1c[c-]c(-c2ccc(C([2H])([2H])C(C)(C)C)cn2)cc1.[2H]C([2H])([2H])c1ccc2c(n1)oc1c(-c3ccccn3)[c-]ccc12.[CH3-].[CH3-].[Ir+3].[Ir]. The predicted molar refractivity (Wildman–Crippen MR) is 244 cm³/mol. The molecule has 0 aliphatic rings. The van der Waals surface area contributed by atoms with Crippen LogP contribution in [0.4, 0.5) is 0 Å². The van der Waals surface area contributed by atoms with Gasteiger partial charge in [0.25, 0.3) is 0 Å². The molecule has 5 nitrogen and oxygen atoms in total. The number of aromatic nitrogens is 4. The summed E-state index contributed by atoms with van der Waals surface area (Å²) in [5, 5.41) is 1.64. The summed E-state index contributed by atoms with van der Waals surface area (Å²) >= 11 is 0. The van der Waals surface area contributed by atoms with Crippen LogP contribution >= 0.6 is 0 Å². The van der Waals surface area contributed by atoms with Gasteiger partial charge in [-0.25, -0.2) is 4.98 Å². The number of pyridine rings is 4. The average Bonchev–Trinajstić information content (AvgIpc) is 3.67. The van der Waals surface area contributed by atoms with Crippen molar-refractivity contribution in [2.75, 3.05) is 0 Å². The zero-order chi connectivity index (χ0) is 51.0. The summed E-state index contributed by atoms with van der Waals surface area (Å²) in [6.45, 7) is 4.55. The molecule has 0 atom stereocenters. The number of rotatable bonds is 5. The summed E-state index contributed by atoms with van der Waals surface area (Å²) in [6.07, 6.45) is 1.79. The Kier molecular flexibility index (Phi) is 12.9. The fraction of sp³-hybridized carbons (Fsp3) is 0.245. The second-order valence-electron chi connectivity index (χ2n) is 15.1. The Morgan fingerprint density at radius 1 is 0.617 bits per heavy atom. The van der Waals surface area contributed by atoms with Gasteiger partial charge in [-0.05, 0) is 76.8 Å². The molecule has 60 heavy (non-hydrogen) atoms. The van der Waals surface area contributed by atoms with E-state index in [4.69, 9.17) is 22.2 Å². The zero-order valence-electron chi connectivity index (χ0n) is 47.9. The smallest absolute Gasteiger partial charge is 0.486 e.